The highest BCUT2D eigenvalue weighted by Crippen LogP contribution is 2.40. The normalized spacial score (nSPS) is 12.7. The number of aromatic nitrogens is 1. The molecule has 1 aromatic heterocycles. The van der Waals surface area contributed by atoms with E-state index < -0.39 is 0 Å². The standard InChI is InChI=1S/C20H19Cl2N3O3S/c1-24(2)4-3-5-25(19(26)12-6-13(21)8-14(22)7-12)20-23-15-9-16-17(28-11-27-16)10-18(15)29-20/h6-10H,3-5,11H2,1-2H3. The summed E-state index contributed by atoms with van der Waals surface area (Å²) in [4.78, 5) is 21.8. The highest BCUT2D eigenvalue weighted by atomic mass is 35.5. The first-order valence-corrected chi connectivity index (χ1v) is 10.6. The second-order valence-corrected chi connectivity index (χ2v) is 8.82. The fraction of sp³-hybridized carbons (Fsp3) is 0.300. The lowest BCUT2D eigenvalue weighted by molar-refractivity contribution is 0.0986. The Labute approximate surface area is 182 Å². The van der Waals surface area contributed by atoms with Crippen LogP contribution in [0.3, 0.4) is 0 Å². The number of carbonyl (C=O) groups is 1. The largest absolute Gasteiger partial charge is 0.454 e. The Morgan fingerprint density at radius 2 is 1.76 bits per heavy atom. The van der Waals surface area contributed by atoms with Gasteiger partial charge in [-0.1, -0.05) is 34.5 Å². The van der Waals surface area contributed by atoms with Gasteiger partial charge in [-0.15, -0.1) is 0 Å². The summed E-state index contributed by atoms with van der Waals surface area (Å²) < 4.78 is 11.8. The maximum absolute atomic E-state index is 13.3. The van der Waals surface area contributed by atoms with Crippen molar-refractivity contribution in [3.8, 4) is 11.5 Å². The van der Waals surface area contributed by atoms with Crippen LogP contribution < -0.4 is 14.4 Å². The Bertz CT molecular complexity index is 1010. The van der Waals surface area contributed by atoms with Crippen molar-refractivity contribution in [3.63, 3.8) is 0 Å². The molecule has 2 heterocycles. The van der Waals surface area contributed by atoms with Crippen molar-refractivity contribution in [2.75, 3.05) is 38.9 Å². The van der Waals surface area contributed by atoms with Crippen molar-refractivity contribution in [2.24, 2.45) is 0 Å². The molecule has 0 unspecified atom stereocenters. The van der Waals surface area contributed by atoms with Crippen molar-refractivity contribution in [1.82, 2.24) is 9.88 Å². The summed E-state index contributed by atoms with van der Waals surface area (Å²) in [6.07, 6.45) is 0.797. The highest BCUT2D eigenvalue weighted by Gasteiger charge is 2.23. The maximum Gasteiger partial charge on any atom is 0.260 e. The van der Waals surface area contributed by atoms with Crippen LogP contribution in [0, 0.1) is 0 Å². The summed E-state index contributed by atoms with van der Waals surface area (Å²) >= 11 is 13.7. The lowest BCUT2D eigenvalue weighted by Crippen LogP contribution is -2.33. The fourth-order valence-corrected chi connectivity index (χ4v) is 4.61. The van der Waals surface area contributed by atoms with Crippen LogP contribution in [0.5, 0.6) is 11.5 Å². The molecule has 0 saturated carbocycles. The van der Waals surface area contributed by atoms with Gasteiger partial charge < -0.3 is 14.4 Å². The van der Waals surface area contributed by atoms with Crippen LogP contribution in [-0.2, 0) is 0 Å². The third kappa shape index (κ3) is 4.43. The second kappa shape index (κ2) is 8.36. The molecule has 0 spiro atoms. The van der Waals surface area contributed by atoms with Crippen molar-refractivity contribution < 1.29 is 14.3 Å². The Morgan fingerprint density at radius 3 is 2.45 bits per heavy atom. The summed E-state index contributed by atoms with van der Waals surface area (Å²) in [7, 11) is 4.00. The van der Waals surface area contributed by atoms with E-state index in [9.17, 15) is 4.79 Å². The molecule has 152 valence electrons. The van der Waals surface area contributed by atoms with Crippen molar-refractivity contribution in [3.05, 3.63) is 45.9 Å². The molecule has 6 nitrogen and oxygen atoms in total. The van der Waals surface area contributed by atoms with E-state index in [1.54, 1.807) is 23.1 Å². The predicted octanol–water partition coefficient (Wildman–Crippen LogP) is 4.93. The zero-order chi connectivity index (χ0) is 20.5. The summed E-state index contributed by atoms with van der Waals surface area (Å²) in [5.74, 6) is 1.17. The molecule has 1 aliphatic heterocycles. The van der Waals surface area contributed by atoms with E-state index in [4.69, 9.17) is 32.7 Å². The molecule has 0 atom stereocenters. The quantitative estimate of drug-likeness (QED) is 0.531. The number of thiazole rings is 1. The second-order valence-electron chi connectivity index (χ2n) is 6.94. The number of nitrogens with zero attached hydrogens (tertiary/aromatic N) is 3. The first-order chi connectivity index (χ1) is 13.9. The predicted molar refractivity (Wildman–Crippen MR) is 117 cm³/mol. The number of halogens is 2. The zero-order valence-corrected chi connectivity index (χ0v) is 18.3. The Hall–Kier alpha value is -2.06. The van der Waals surface area contributed by atoms with Crippen LogP contribution in [0.4, 0.5) is 5.13 Å². The molecule has 3 aromatic rings. The summed E-state index contributed by atoms with van der Waals surface area (Å²) in [6, 6.07) is 8.60. The zero-order valence-electron chi connectivity index (χ0n) is 15.9. The van der Waals surface area contributed by atoms with Crippen LogP contribution in [0.1, 0.15) is 16.8 Å². The smallest absolute Gasteiger partial charge is 0.260 e. The van der Waals surface area contributed by atoms with Crippen LogP contribution >= 0.6 is 34.5 Å². The lowest BCUT2D eigenvalue weighted by atomic mass is 10.2. The topological polar surface area (TPSA) is 54.9 Å². The van der Waals surface area contributed by atoms with Gasteiger partial charge in [0.15, 0.2) is 16.6 Å². The van der Waals surface area contributed by atoms with Crippen molar-refractivity contribution in [1.29, 1.82) is 0 Å². The summed E-state index contributed by atoms with van der Waals surface area (Å²) in [5, 5.41) is 1.46. The number of fused-ring (bicyclic) bond motifs is 2. The molecular weight excluding hydrogens is 433 g/mol. The number of ether oxygens (including phenoxy) is 2. The van der Waals surface area contributed by atoms with Crippen LogP contribution in [0.25, 0.3) is 10.2 Å². The van der Waals surface area contributed by atoms with Crippen LogP contribution in [0.2, 0.25) is 10.0 Å². The molecule has 0 fully saturated rings. The lowest BCUT2D eigenvalue weighted by Gasteiger charge is -2.21. The monoisotopic (exact) mass is 451 g/mol. The maximum atomic E-state index is 13.3. The molecule has 0 bridgehead atoms. The Balaban J connectivity index is 1.69. The first-order valence-electron chi connectivity index (χ1n) is 9.03. The molecule has 2 aromatic carbocycles. The van der Waals surface area contributed by atoms with E-state index in [0.29, 0.717) is 38.8 Å². The van der Waals surface area contributed by atoms with E-state index in [-0.39, 0.29) is 12.7 Å². The molecular formula is C20H19Cl2N3O3S. The van der Waals surface area contributed by atoms with Gasteiger partial charge in [0.25, 0.3) is 5.91 Å². The molecule has 1 aliphatic rings. The molecule has 9 heteroatoms. The minimum Gasteiger partial charge on any atom is -0.454 e. The van der Waals surface area contributed by atoms with E-state index in [0.717, 1.165) is 23.2 Å². The number of rotatable bonds is 6. The minimum atomic E-state index is -0.188. The average molecular weight is 452 g/mol. The number of hydrogen-bond acceptors (Lipinski definition) is 6. The number of amides is 1. The molecule has 0 N–H and O–H groups in total. The van der Waals surface area contributed by atoms with Crippen LogP contribution in [0.15, 0.2) is 30.3 Å². The SMILES string of the molecule is CN(C)CCCN(C(=O)c1cc(Cl)cc(Cl)c1)c1nc2cc3c(cc2s1)OCO3. The van der Waals surface area contributed by atoms with Gasteiger partial charge in [-0.2, -0.15) is 0 Å². The Morgan fingerprint density at radius 1 is 1.07 bits per heavy atom. The third-order valence-electron chi connectivity index (χ3n) is 4.44. The van der Waals surface area contributed by atoms with E-state index in [2.05, 4.69) is 9.88 Å². The molecule has 0 saturated heterocycles. The minimum absolute atomic E-state index is 0.188. The number of carbonyl (C=O) groups excluding carboxylic acids is 1. The molecule has 29 heavy (non-hydrogen) atoms. The Kier molecular flexibility index (Phi) is 5.83. The number of anilines is 1. The molecule has 1 amide bonds. The fourth-order valence-electron chi connectivity index (χ4n) is 3.08. The number of hydrogen-bond donors (Lipinski definition) is 0. The summed E-state index contributed by atoms with van der Waals surface area (Å²) in [6.45, 7) is 1.58. The van der Waals surface area contributed by atoms with Crippen molar-refractivity contribution in [2.45, 2.75) is 6.42 Å². The van der Waals surface area contributed by atoms with Gasteiger partial charge in [-0.3, -0.25) is 9.69 Å². The molecule has 4 rings (SSSR count). The first kappa shape index (κ1) is 20.2. The van der Waals surface area contributed by atoms with Gasteiger partial charge >= 0.3 is 0 Å². The van der Waals surface area contributed by atoms with Gasteiger partial charge in [0.1, 0.15) is 0 Å². The van der Waals surface area contributed by atoms with E-state index in [1.807, 2.05) is 26.2 Å². The van der Waals surface area contributed by atoms with Gasteiger partial charge in [0, 0.05) is 34.3 Å². The van der Waals surface area contributed by atoms with E-state index >= 15 is 0 Å². The average Bonchev–Trinajstić information content (AvgIpc) is 3.27. The number of benzene rings is 2. The van der Waals surface area contributed by atoms with Gasteiger partial charge in [-0.05, 0) is 45.3 Å². The molecule has 0 radical (unpaired) electrons. The highest BCUT2D eigenvalue weighted by molar-refractivity contribution is 7.22. The molecule has 0 aliphatic carbocycles. The van der Waals surface area contributed by atoms with Crippen molar-refractivity contribution >= 4 is 55.8 Å². The van der Waals surface area contributed by atoms with Crippen LogP contribution in [-0.4, -0.2) is 49.8 Å². The van der Waals surface area contributed by atoms with Gasteiger partial charge in [-0.25, -0.2) is 4.98 Å². The third-order valence-corrected chi connectivity index (χ3v) is 5.92. The van der Waals surface area contributed by atoms with E-state index in [1.165, 1.54) is 11.3 Å². The summed E-state index contributed by atoms with van der Waals surface area (Å²) in [5.41, 5.74) is 1.20. The van der Waals surface area contributed by atoms with Gasteiger partial charge in [0.05, 0.1) is 10.2 Å². The van der Waals surface area contributed by atoms with Gasteiger partial charge in [0.2, 0.25) is 6.79 Å².